The number of carbonyl (C=O) groups excluding carboxylic acids is 1. The molecule has 0 bridgehead atoms. The fourth-order valence-corrected chi connectivity index (χ4v) is 1.96. The molecule has 0 fully saturated rings. The molecule has 1 aromatic carbocycles. The number of hydrogen-bond donors (Lipinski definition) is 0. The Labute approximate surface area is 136 Å². The summed E-state index contributed by atoms with van der Waals surface area (Å²) >= 11 is 0. The Morgan fingerprint density at radius 3 is 2.54 bits per heavy atom. The molecule has 2 rings (SSSR count). The van der Waals surface area contributed by atoms with E-state index in [0.717, 1.165) is 6.08 Å². The molecule has 4 nitrogen and oxygen atoms in total. The lowest BCUT2D eigenvalue weighted by Crippen LogP contribution is -2.38. The fourth-order valence-electron chi connectivity index (χ4n) is 1.96. The van der Waals surface area contributed by atoms with Crippen LogP contribution in [0.2, 0.25) is 0 Å². The number of carbonyl (C=O) groups is 1. The van der Waals surface area contributed by atoms with Gasteiger partial charge in [0.1, 0.15) is 12.4 Å². The molecule has 2 aromatic rings. The van der Waals surface area contributed by atoms with Crippen LogP contribution < -0.4 is 4.90 Å². The van der Waals surface area contributed by atoms with E-state index in [0.29, 0.717) is 16.0 Å². The van der Waals surface area contributed by atoms with Gasteiger partial charge in [-0.15, -0.1) is 0 Å². The van der Waals surface area contributed by atoms with Crippen LogP contribution in [-0.4, -0.2) is 23.6 Å². The third kappa shape index (κ3) is 4.68. The number of amides is 1. The molecule has 1 heterocycles. The second-order valence-corrected chi connectivity index (χ2v) is 4.76. The first-order valence-electron chi connectivity index (χ1n) is 6.87. The summed E-state index contributed by atoms with van der Waals surface area (Å²) in [6.07, 6.45) is -0.948. The van der Waals surface area contributed by atoms with Gasteiger partial charge in [0.25, 0.3) is 5.91 Å². The van der Waals surface area contributed by atoms with Gasteiger partial charge in [0, 0.05) is 12.3 Å². The van der Waals surface area contributed by atoms with Gasteiger partial charge in [0.2, 0.25) is 0 Å². The van der Waals surface area contributed by atoms with Crippen LogP contribution in [-0.2, 0) is 4.79 Å². The van der Waals surface area contributed by atoms with Crippen molar-refractivity contribution in [2.45, 2.75) is 6.18 Å². The molecule has 0 radical (unpaired) electrons. The van der Waals surface area contributed by atoms with Gasteiger partial charge in [-0.2, -0.15) is 18.4 Å². The minimum Gasteiger partial charge on any atom is -0.284 e. The van der Waals surface area contributed by atoms with E-state index in [1.165, 1.54) is 24.4 Å². The van der Waals surface area contributed by atoms with Gasteiger partial charge in [-0.3, -0.25) is 9.69 Å². The zero-order chi connectivity index (χ0) is 17.6. The largest absolute Gasteiger partial charge is 0.406 e. The number of anilines is 1. The number of benzene rings is 1. The van der Waals surface area contributed by atoms with E-state index in [1.54, 1.807) is 30.3 Å². The smallest absolute Gasteiger partial charge is 0.284 e. The Morgan fingerprint density at radius 1 is 1.21 bits per heavy atom. The number of aromatic nitrogens is 1. The molecule has 7 heteroatoms. The second kappa shape index (κ2) is 7.42. The molecule has 0 aliphatic carbocycles. The second-order valence-electron chi connectivity index (χ2n) is 4.76. The van der Waals surface area contributed by atoms with Crippen molar-refractivity contribution in [3.8, 4) is 6.07 Å². The number of nitriles is 1. The maximum absolute atomic E-state index is 12.7. The summed E-state index contributed by atoms with van der Waals surface area (Å²) < 4.78 is 38.2. The van der Waals surface area contributed by atoms with E-state index in [2.05, 4.69) is 4.98 Å². The fraction of sp³-hybridized carbons (Fsp3) is 0.118. The summed E-state index contributed by atoms with van der Waals surface area (Å²) in [6.45, 7) is -1.45. The van der Waals surface area contributed by atoms with Crippen molar-refractivity contribution in [3.05, 3.63) is 65.9 Å². The monoisotopic (exact) mass is 331 g/mol. The van der Waals surface area contributed by atoms with Gasteiger partial charge in [0.15, 0.2) is 0 Å². The first kappa shape index (κ1) is 17.2. The summed E-state index contributed by atoms with van der Waals surface area (Å²) in [6, 6.07) is 12.8. The predicted molar refractivity (Wildman–Crippen MR) is 82.8 cm³/mol. The summed E-state index contributed by atoms with van der Waals surface area (Å²) in [5, 5.41) is 8.99. The number of hydrogen-bond acceptors (Lipinski definition) is 3. The Balaban J connectivity index is 2.28. The molecule has 0 aliphatic rings. The summed E-state index contributed by atoms with van der Waals surface area (Å²) in [5.74, 6) is -0.975. The number of alkyl halides is 3. The van der Waals surface area contributed by atoms with Crippen molar-refractivity contribution in [2.24, 2.45) is 0 Å². The Morgan fingerprint density at radius 2 is 1.92 bits per heavy atom. The number of pyridine rings is 1. The van der Waals surface area contributed by atoms with Crippen LogP contribution >= 0.6 is 0 Å². The van der Waals surface area contributed by atoms with Crippen LogP contribution in [0.4, 0.5) is 19.0 Å². The lowest BCUT2D eigenvalue weighted by Gasteiger charge is -2.21. The van der Waals surface area contributed by atoms with Gasteiger partial charge in [-0.25, -0.2) is 4.98 Å². The van der Waals surface area contributed by atoms with Crippen LogP contribution in [0.15, 0.2) is 54.7 Å². The van der Waals surface area contributed by atoms with Crippen molar-refractivity contribution in [1.82, 2.24) is 4.98 Å². The minimum atomic E-state index is -4.56. The molecule has 0 spiro atoms. The lowest BCUT2D eigenvalue weighted by atomic mass is 10.1. The van der Waals surface area contributed by atoms with E-state index >= 15 is 0 Å². The standard InChI is InChI=1S/C17H12F3N3O/c18-17(19,20)12-23(15-7-3-4-10-22-15)16(24)9-8-13-5-1-2-6-14(13)11-21/h1-10H,12H2/b9-8+. The maximum atomic E-state index is 12.7. The van der Waals surface area contributed by atoms with Crippen LogP contribution in [0.25, 0.3) is 6.08 Å². The van der Waals surface area contributed by atoms with Crippen molar-refractivity contribution in [2.75, 3.05) is 11.4 Å². The van der Waals surface area contributed by atoms with E-state index in [1.807, 2.05) is 6.07 Å². The molecule has 1 amide bonds. The summed E-state index contributed by atoms with van der Waals surface area (Å²) in [5.41, 5.74) is 0.767. The molecule has 0 saturated heterocycles. The van der Waals surface area contributed by atoms with Crippen LogP contribution in [0.5, 0.6) is 0 Å². The number of nitrogens with zero attached hydrogens (tertiary/aromatic N) is 3. The lowest BCUT2D eigenvalue weighted by molar-refractivity contribution is -0.130. The zero-order valence-corrected chi connectivity index (χ0v) is 12.4. The van der Waals surface area contributed by atoms with E-state index in [4.69, 9.17) is 5.26 Å². The maximum Gasteiger partial charge on any atom is 0.406 e. The van der Waals surface area contributed by atoms with Crippen molar-refractivity contribution >= 4 is 17.8 Å². The van der Waals surface area contributed by atoms with Gasteiger partial charge < -0.3 is 0 Å². The highest BCUT2D eigenvalue weighted by Gasteiger charge is 2.33. The highest BCUT2D eigenvalue weighted by Crippen LogP contribution is 2.21. The molecular formula is C17H12F3N3O. The van der Waals surface area contributed by atoms with E-state index < -0.39 is 18.6 Å². The zero-order valence-electron chi connectivity index (χ0n) is 12.4. The highest BCUT2D eigenvalue weighted by molar-refractivity contribution is 6.03. The third-order valence-electron chi connectivity index (χ3n) is 3.02. The first-order chi connectivity index (χ1) is 11.4. The number of rotatable bonds is 4. The van der Waals surface area contributed by atoms with Gasteiger partial charge in [-0.05, 0) is 29.8 Å². The summed E-state index contributed by atoms with van der Waals surface area (Å²) in [4.78, 5) is 16.5. The molecule has 0 atom stereocenters. The average Bonchev–Trinajstić information content (AvgIpc) is 2.58. The van der Waals surface area contributed by atoms with Crippen LogP contribution in [0, 0.1) is 11.3 Å². The van der Waals surface area contributed by atoms with E-state index in [9.17, 15) is 18.0 Å². The van der Waals surface area contributed by atoms with Crippen LogP contribution in [0.3, 0.4) is 0 Å². The third-order valence-corrected chi connectivity index (χ3v) is 3.02. The van der Waals surface area contributed by atoms with E-state index in [-0.39, 0.29) is 5.82 Å². The van der Waals surface area contributed by atoms with Crippen molar-refractivity contribution in [3.63, 3.8) is 0 Å². The van der Waals surface area contributed by atoms with Gasteiger partial charge >= 0.3 is 6.18 Å². The van der Waals surface area contributed by atoms with Crippen molar-refractivity contribution < 1.29 is 18.0 Å². The molecule has 1 aromatic heterocycles. The molecule has 24 heavy (non-hydrogen) atoms. The predicted octanol–water partition coefficient (Wildman–Crippen LogP) is 3.56. The van der Waals surface area contributed by atoms with Crippen molar-refractivity contribution in [1.29, 1.82) is 5.26 Å². The Bertz CT molecular complexity index is 780. The molecule has 122 valence electrons. The quantitative estimate of drug-likeness (QED) is 0.805. The average molecular weight is 331 g/mol. The molecule has 0 unspecified atom stereocenters. The molecular weight excluding hydrogens is 319 g/mol. The van der Waals surface area contributed by atoms with Gasteiger partial charge in [0.05, 0.1) is 11.6 Å². The Kier molecular flexibility index (Phi) is 5.32. The molecule has 0 N–H and O–H groups in total. The SMILES string of the molecule is N#Cc1ccccc1/C=C/C(=O)N(CC(F)(F)F)c1ccccn1. The Hall–Kier alpha value is -3.14. The van der Waals surface area contributed by atoms with Gasteiger partial charge in [-0.1, -0.05) is 24.3 Å². The highest BCUT2D eigenvalue weighted by atomic mass is 19.4. The molecule has 0 aliphatic heterocycles. The minimum absolute atomic E-state index is 0.0990. The molecule has 0 saturated carbocycles. The normalized spacial score (nSPS) is 11.2. The first-order valence-corrected chi connectivity index (χ1v) is 6.87. The topological polar surface area (TPSA) is 57.0 Å². The van der Waals surface area contributed by atoms with Crippen LogP contribution in [0.1, 0.15) is 11.1 Å². The number of halogens is 3. The summed E-state index contributed by atoms with van der Waals surface area (Å²) in [7, 11) is 0.